The number of benzene rings is 2. The lowest BCUT2D eigenvalue weighted by atomic mass is 9.85. The van der Waals surface area contributed by atoms with Crippen LogP contribution in [0.5, 0.6) is 0 Å². The van der Waals surface area contributed by atoms with Gasteiger partial charge in [0.1, 0.15) is 11.4 Å². The summed E-state index contributed by atoms with van der Waals surface area (Å²) in [6.45, 7) is 6.43. The Labute approximate surface area is 212 Å². The van der Waals surface area contributed by atoms with E-state index < -0.39 is 5.54 Å². The summed E-state index contributed by atoms with van der Waals surface area (Å²) in [6, 6.07) is 13.6. The van der Waals surface area contributed by atoms with Crippen molar-refractivity contribution in [3.8, 4) is 0 Å². The maximum absolute atomic E-state index is 14.8. The topological polar surface area (TPSA) is 47.1 Å². The van der Waals surface area contributed by atoms with Gasteiger partial charge in [0.15, 0.2) is 0 Å². The maximum atomic E-state index is 14.8. The van der Waals surface area contributed by atoms with Crippen LogP contribution in [0.15, 0.2) is 42.5 Å². The van der Waals surface area contributed by atoms with E-state index in [0.29, 0.717) is 44.7 Å². The van der Waals surface area contributed by atoms with E-state index in [1.165, 1.54) is 11.1 Å². The Hall–Kier alpha value is -2.93. The van der Waals surface area contributed by atoms with Gasteiger partial charge >= 0.3 is 6.03 Å². The summed E-state index contributed by atoms with van der Waals surface area (Å²) in [6.07, 6.45) is 4.97. The fourth-order valence-electron chi connectivity index (χ4n) is 6.90. The van der Waals surface area contributed by atoms with Crippen molar-refractivity contribution in [1.29, 1.82) is 0 Å². The normalized spacial score (nSPS) is 22.3. The Balaban J connectivity index is 1.14. The van der Waals surface area contributed by atoms with Crippen LogP contribution in [0.4, 0.5) is 14.9 Å². The summed E-state index contributed by atoms with van der Waals surface area (Å²) in [7, 11) is 0. The van der Waals surface area contributed by atoms with Gasteiger partial charge in [-0.25, -0.2) is 9.18 Å². The van der Waals surface area contributed by atoms with Crippen molar-refractivity contribution < 1.29 is 14.0 Å². The summed E-state index contributed by atoms with van der Waals surface area (Å²) in [5, 5.41) is 0. The largest absolute Gasteiger partial charge is 0.369 e. The molecule has 7 heteroatoms. The first-order valence-electron chi connectivity index (χ1n) is 13.5. The fourth-order valence-corrected chi connectivity index (χ4v) is 6.90. The minimum atomic E-state index is -0.748. The number of fused-ring (bicyclic) bond motifs is 1. The minimum Gasteiger partial charge on any atom is -0.369 e. The molecule has 6 rings (SSSR count). The van der Waals surface area contributed by atoms with Crippen molar-refractivity contribution in [2.75, 3.05) is 37.6 Å². The molecular formula is C29H35FN4O2. The summed E-state index contributed by atoms with van der Waals surface area (Å²) in [4.78, 5) is 35.2. The van der Waals surface area contributed by atoms with Crippen molar-refractivity contribution in [2.24, 2.45) is 0 Å². The lowest BCUT2D eigenvalue weighted by Gasteiger charge is -2.42. The number of likely N-dealkylation sites (tertiary alicyclic amines) is 1. The number of halogens is 1. The number of nitrogens with zero attached hydrogens (tertiary/aromatic N) is 4. The second-order valence-electron chi connectivity index (χ2n) is 10.8. The number of likely N-dealkylation sites (N-methyl/N-ethyl adjacent to an activating group) is 1. The SMILES string of the molecule is CCN1C(=O)N(C2Cc3ccccc3C2)C(=O)C12CCN(Cc1ccc(N3CCCC3)c(F)c1)CC2. The third-order valence-electron chi connectivity index (χ3n) is 8.83. The number of amides is 3. The van der Waals surface area contributed by atoms with Crippen LogP contribution < -0.4 is 4.90 Å². The average Bonchev–Trinajstić information content (AvgIpc) is 3.59. The molecule has 0 aromatic heterocycles. The third-order valence-corrected chi connectivity index (χ3v) is 8.83. The Kier molecular flexibility index (Phi) is 5.98. The first kappa shape index (κ1) is 23.5. The Morgan fingerprint density at radius 1 is 0.944 bits per heavy atom. The summed E-state index contributed by atoms with van der Waals surface area (Å²) in [5.41, 5.74) is 3.39. The molecule has 2 aromatic rings. The van der Waals surface area contributed by atoms with E-state index in [4.69, 9.17) is 0 Å². The monoisotopic (exact) mass is 490 g/mol. The number of hydrogen-bond donors (Lipinski definition) is 0. The van der Waals surface area contributed by atoms with Crippen molar-refractivity contribution in [3.05, 3.63) is 65.0 Å². The number of piperidine rings is 1. The number of anilines is 1. The molecule has 1 spiro atoms. The molecule has 3 aliphatic heterocycles. The Morgan fingerprint density at radius 2 is 1.61 bits per heavy atom. The van der Waals surface area contributed by atoms with E-state index >= 15 is 0 Å². The zero-order valence-corrected chi connectivity index (χ0v) is 21.1. The van der Waals surface area contributed by atoms with Crippen LogP contribution in [0.2, 0.25) is 0 Å². The molecular weight excluding hydrogens is 455 g/mol. The van der Waals surface area contributed by atoms with Gasteiger partial charge in [-0.05, 0) is 74.3 Å². The van der Waals surface area contributed by atoms with E-state index in [9.17, 15) is 14.0 Å². The maximum Gasteiger partial charge on any atom is 0.327 e. The predicted molar refractivity (Wildman–Crippen MR) is 137 cm³/mol. The molecule has 0 atom stereocenters. The summed E-state index contributed by atoms with van der Waals surface area (Å²) in [5.74, 6) is -0.169. The summed E-state index contributed by atoms with van der Waals surface area (Å²) >= 11 is 0. The first-order valence-corrected chi connectivity index (χ1v) is 13.5. The van der Waals surface area contributed by atoms with Crippen LogP contribution in [-0.2, 0) is 24.2 Å². The van der Waals surface area contributed by atoms with Crippen LogP contribution in [-0.4, -0.2) is 70.9 Å². The number of hydrogen-bond acceptors (Lipinski definition) is 4. The Morgan fingerprint density at radius 3 is 2.22 bits per heavy atom. The number of rotatable bonds is 5. The van der Waals surface area contributed by atoms with Gasteiger partial charge in [-0.3, -0.25) is 14.6 Å². The smallest absolute Gasteiger partial charge is 0.327 e. The molecule has 0 N–H and O–H groups in total. The van der Waals surface area contributed by atoms with E-state index in [1.807, 2.05) is 36.1 Å². The molecule has 3 amide bonds. The molecule has 0 saturated carbocycles. The number of carbonyl (C=O) groups is 2. The second-order valence-corrected chi connectivity index (χ2v) is 10.8. The van der Waals surface area contributed by atoms with Gasteiger partial charge in [-0.1, -0.05) is 30.3 Å². The highest BCUT2D eigenvalue weighted by atomic mass is 19.1. The van der Waals surface area contributed by atoms with Gasteiger partial charge in [0, 0.05) is 45.3 Å². The predicted octanol–water partition coefficient (Wildman–Crippen LogP) is 4.21. The number of imide groups is 1. The molecule has 4 aliphatic rings. The van der Waals surface area contributed by atoms with E-state index in [0.717, 1.165) is 44.3 Å². The van der Waals surface area contributed by atoms with Crippen molar-refractivity contribution in [2.45, 2.75) is 63.6 Å². The molecule has 3 saturated heterocycles. The number of carbonyl (C=O) groups excluding carboxylic acids is 2. The molecule has 36 heavy (non-hydrogen) atoms. The van der Waals surface area contributed by atoms with Crippen LogP contribution in [0, 0.1) is 5.82 Å². The highest BCUT2D eigenvalue weighted by molar-refractivity contribution is 6.07. The molecule has 6 nitrogen and oxygen atoms in total. The lowest BCUT2D eigenvalue weighted by molar-refractivity contribution is -0.137. The van der Waals surface area contributed by atoms with Gasteiger partial charge in [-0.2, -0.15) is 0 Å². The second kappa shape index (κ2) is 9.18. The molecule has 0 radical (unpaired) electrons. The van der Waals surface area contributed by atoms with Crippen LogP contribution in [0.3, 0.4) is 0 Å². The molecule has 0 unspecified atom stereocenters. The van der Waals surface area contributed by atoms with Crippen LogP contribution >= 0.6 is 0 Å². The van der Waals surface area contributed by atoms with Gasteiger partial charge in [0.05, 0.1) is 5.69 Å². The minimum absolute atomic E-state index is 0.0205. The Bertz CT molecular complexity index is 1140. The van der Waals surface area contributed by atoms with E-state index in [2.05, 4.69) is 21.9 Å². The van der Waals surface area contributed by atoms with Crippen LogP contribution in [0.25, 0.3) is 0 Å². The third kappa shape index (κ3) is 3.79. The number of urea groups is 1. The van der Waals surface area contributed by atoms with Gasteiger partial charge in [0.25, 0.3) is 5.91 Å². The van der Waals surface area contributed by atoms with Crippen molar-refractivity contribution in [1.82, 2.24) is 14.7 Å². The molecule has 190 valence electrons. The molecule has 0 bridgehead atoms. The van der Waals surface area contributed by atoms with Crippen molar-refractivity contribution in [3.63, 3.8) is 0 Å². The quantitative estimate of drug-likeness (QED) is 0.589. The van der Waals surface area contributed by atoms with Gasteiger partial charge in [0.2, 0.25) is 0 Å². The van der Waals surface area contributed by atoms with E-state index in [1.54, 1.807) is 11.0 Å². The summed E-state index contributed by atoms with van der Waals surface area (Å²) < 4.78 is 14.8. The standard InChI is InChI=1S/C29H35FN4O2/c1-2-33-28(36)34(24-18-22-7-3-4-8-23(22)19-24)27(35)29(33)11-15-31(16-12-29)20-21-9-10-26(25(30)17-21)32-13-5-6-14-32/h3-4,7-10,17,24H,2,5-6,11-16,18-20H2,1H3. The molecule has 2 aromatic carbocycles. The lowest BCUT2D eigenvalue weighted by Crippen LogP contribution is -2.56. The highest BCUT2D eigenvalue weighted by Crippen LogP contribution is 2.40. The average molecular weight is 491 g/mol. The van der Waals surface area contributed by atoms with Gasteiger partial charge in [-0.15, -0.1) is 0 Å². The molecule has 3 fully saturated rings. The van der Waals surface area contributed by atoms with Gasteiger partial charge < -0.3 is 9.80 Å². The zero-order chi connectivity index (χ0) is 24.9. The molecule has 3 heterocycles. The fraction of sp³-hybridized carbons (Fsp3) is 0.517. The van der Waals surface area contributed by atoms with Crippen molar-refractivity contribution >= 4 is 17.6 Å². The first-order chi connectivity index (χ1) is 17.5. The van der Waals surface area contributed by atoms with Crippen LogP contribution in [0.1, 0.15) is 49.3 Å². The molecule has 1 aliphatic carbocycles. The van der Waals surface area contributed by atoms with E-state index in [-0.39, 0.29) is 23.8 Å². The highest BCUT2D eigenvalue weighted by Gasteiger charge is 2.59. The zero-order valence-electron chi connectivity index (χ0n) is 21.1.